The van der Waals surface area contributed by atoms with Crippen molar-refractivity contribution in [2.24, 2.45) is 0 Å². The molecule has 0 aliphatic carbocycles. The average Bonchev–Trinajstić information content (AvgIpc) is 2.83. The Labute approximate surface area is 136 Å². The highest BCUT2D eigenvalue weighted by molar-refractivity contribution is 9.10. The second-order valence-corrected chi connectivity index (χ2v) is 5.90. The summed E-state index contributed by atoms with van der Waals surface area (Å²) in [6, 6.07) is 13.9. The Morgan fingerprint density at radius 1 is 1.24 bits per heavy atom. The largest absolute Gasteiger partial charge is 0.495 e. The van der Waals surface area contributed by atoms with Gasteiger partial charge in [0, 0.05) is 22.7 Å². The molecule has 2 N–H and O–H groups in total. The maximum absolute atomic E-state index is 6.40. The second kappa shape index (κ2) is 6.00. The number of halogens is 2. The van der Waals surface area contributed by atoms with E-state index in [9.17, 15) is 0 Å². The van der Waals surface area contributed by atoms with E-state index in [-0.39, 0.29) is 0 Å². The minimum atomic E-state index is 0.623. The van der Waals surface area contributed by atoms with Crippen LogP contribution in [0.3, 0.4) is 0 Å². The van der Waals surface area contributed by atoms with E-state index in [4.69, 9.17) is 16.3 Å². The quantitative estimate of drug-likeness (QED) is 0.666. The third-order valence-electron chi connectivity index (χ3n) is 3.33. The third-order valence-corrected chi connectivity index (χ3v) is 4.42. The molecule has 2 aromatic carbocycles. The Morgan fingerprint density at radius 3 is 2.81 bits per heavy atom. The molecule has 0 saturated carbocycles. The van der Waals surface area contributed by atoms with E-state index in [1.807, 2.05) is 42.5 Å². The van der Waals surface area contributed by atoms with E-state index in [0.29, 0.717) is 6.54 Å². The first-order valence-electron chi connectivity index (χ1n) is 6.51. The van der Waals surface area contributed by atoms with Crippen molar-refractivity contribution in [1.29, 1.82) is 0 Å². The molecule has 0 saturated heterocycles. The maximum Gasteiger partial charge on any atom is 0.135 e. The molecule has 1 aromatic heterocycles. The smallest absolute Gasteiger partial charge is 0.135 e. The summed E-state index contributed by atoms with van der Waals surface area (Å²) in [5.41, 5.74) is 3.00. The van der Waals surface area contributed by atoms with Crippen LogP contribution in [-0.2, 0) is 6.54 Å². The Morgan fingerprint density at radius 2 is 2.05 bits per heavy atom. The van der Waals surface area contributed by atoms with E-state index in [0.717, 1.165) is 37.5 Å². The third kappa shape index (κ3) is 2.87. The van der Waals surface area contributed by atoms with E-state index >= 15 is 0 Å². The molecule has 0 radical (unpaired) electrons. The zero-order valence-corrected chi connectivity index (χ0v) is 13.8. The summed E-state index contributed by atoms with van der Waals surface area (Å²) in [4.78, 5) is 3.34. The van der Waals surface area contributed by atoms with Gasteiger partial charge in [-0.1, -0.05) is 29.8 Å². The van der Waals surface area contributed by atoms with Gasteiger partial charge in [-0.15, -0.1) is 0 Å². The molecule has 3 nitrogen and oxygen atoms in total. The minimum Gasteiger partial charge on any atom is -0.495 e. The number of hydrogen-bond donors (Lipinski definition) is 2. The SMILES string of the molecule is COc1cc(NCc2[nH]c3ccccc3c2Cl)ccc1Br. The number of hydrogen-bond acceptors (Lipinski definition) is 2. The van der Waals surface area contributed by atoms with Crippen molar-refractivity contribution < 1.29 is 4.74 Å². The molecule has 0 unspecified atom stereocenters. The van der Waals surface area contributed by atoms with Crippen LogP contribution in [0, 0.1) is 0 Å². The Kier molecular flexibility index (Phi) is 4.08. The van der Waals surface area contributed by atoms with Crippen molar-refractivity contribution in [1.82, 2.24) is 4.98 Å². The normalized spacial score (nSPS) is 10.8. The number of aromatic amines is 1. The molecule has 0 spiro atoms. The van der Waals surface area contributed by atoms with Crippen LogP contribution in [0.15, 0.2) is 46.9 Å². The van der Waals surface area contributed by atoms with Gasteiger partial charge in [-0.25, -0.2) is 0 Å². The number of benzene rings is 2. The molecule has 0 amide bonds. The zero-order chi connectivity index (χ0) is 14.8. The summed E-state index contributed by atoms with van der Waals surface area (Å²) >= 11 is 9.85. The first-order chi connectivity index (χ1) is 10.2. The van der Waals surface area contributed by atoms with Crippen LogP contribution in [0.2, 0.25) is 5.02 Å². The molecule has 3 rings (SSSR count). The van der Waals surface area contributed by atoms with Gasteiger partial charge in [0.1, 0.15) is 5.75 Å². The molecule has 0 bridgehead atoms. The Bertz CT molecular complexity index is 785. The lowest BCUT2D eigenvalue weighted by molar-refractivity contribution is 0.412. The van der Waals surface area contributed by atoms with Gasteiger partial charge in [0.15, 0.2) is 0 Å². The molecule has 1 heterocycles. The summed E-state index contributed by atoms with van der Waals surface area (Å²) in [7, 11) is 1.65. The van der Waals surface area contributed by atoms with Crippen LogP contribution in [0.4, 0.5) is 5.69 Å². The first-order valence-corrected chi connectivity index (χ1v) is 7.68. The molecule has 0 aliphatic rings. The van der Waals surface area contributed by atoms with Gasteiger partial charge in [0.05, 0.1) is 28.8 Å². The summed E-state index contributed by atoms with van der Waals surface area (Å²) in [6.07, 6.45) is 0. The predicted molar refractivity (Wildman–Crippen MR) is 91.3 cm³/mol. The fraction of sp³-hybridized carbons (Fsp3) is 0.125. The lowest BCUT2D eigenvalue weighted by Crippen LogP contribution is -2.00. The van der Waals surface area contributed by atoms with Crippen LogP contribution in [-0.4, -0.2) is 12.1 Å². The van der Waals surface area contributed by atoms with E-state index in [2.05, 4.69) is 26.2 Å². The van der Waals surface area contributed by atoms with Crippen molar-refractivity contribution in [3.8, 4) is 5.75 Å². The number of ether oxygens (including phenoxy) is 1. The number of nitrogens with one attached hydrogen (secondary N) is 2. The van der Waals surface area contributed by atoms with Crippen LogP contribution in [0.1, 0.15) is 5.69 Å². The minimum absolute atomic E-state index is 0.623. The van der Waals surface area contributed by atoms with Crippen LogP contribution < -0.4 is 10.1 Å². The summed E-state index contributed by atoms with van der Waals surface area (Å²) < 4.78 is 6.22. The van der Waals surface area contributed by atoms with Crippen molar-refractivity contribution in [2.45, 2.75) is 6.54 Å². The highest BCUT2D eigenvalue weighted by Gasteiger charge is 2.09. The van der Waals surface area contributed by atoms with Crippen molar-refractivity contribution in [3.05, 3.63) is 57.7 Å². The van der Waals surface area contributed by atoms with Crippen molar-refractivity contribution in [3.63, 3.8) is 0 Å². The molecule has 21 heavy (non-hydrogen) atoms. The zero-order valence-electron chi connectivity index (χ0n) is 11.4. The van der Waals surface area contributed by atoms with Gasteiger partial charge in [-0.3, -0.25) is 0 Å². The van der Waals surface area contributed by atoms with Gasteiger partial charge in [0.2, 0.25) is 0 Å². The molecular formula is C16H14BrClN2O. The molecular weight excluding hydrogens is 352 g/mol. The van der Waals surface area contributed by atoms with Crippen LogP contribution in [0.5, 0.6) is 5.75 Å². The van der Waals surface area contributed by atoms with Gasteiger partial charge < -0.3 is 15.0 Å². The number of aromatic nitrogens is 1. The number of methoxy groups -OCH3 is 1. The lowest BCUT2D eigenvalue weighted by Gasteiger charge is -2.09. The van der Waals surface area contributed by atoms with Gasteiger partial charge >= 0.3 is 0 Å². The predicted octanol–water partition coefficient (Wildman–Crippen LogP) is 5.20. The molecule has 5 heteroatoms. The monoisotopic (exact) mass is 364 g/mol. The van der Waals surface area contributed by atoms with E-state index in [1.165, 1.54) is 0 Å². The van der Waals surface area contributed by atoms with E-state index < -0.39 is 0 Å². The number of fused-ring (bicyclic) bond motifs is 1. The lowest BCUT2D eigenvalue weighted by atomic mass is 10.2. The fourth-order valence-corrected chi connectivity index (χ4v) is 2.93. The fourth-order valence-electron chi connectivity index (χ4n) is 2.25. The highest BCUT2D eigenvalue weighted by Crippen LogP contribution is 2.30. The number of para-hydroxylation sites is 1. The molecule has 0 atom stereocenters. The molecule has 0 aliphatic heterocycles. The topological polar surface area (TPSA) is 37.0 Å². The maximum atomic E-state index is 6.40. The second-order valence-electron chi connectivity index (χ2n) is 4.67. The molecule has 3 aromatic rings. The summed E-state index contributed by atoms with van der Waals surface area (Å²) in [5, 5.41) is 5.16. The van der Waals surface area contributed by atoms with E-state index in [1.54, 1.807) is 7.11 Å². The Hall–Kier alpha value is -1.65. The highest BCUT2D eigenvalue weighted by atomic mass is 79.9. The molecule has 0 fully saturated rings. The number of H-pyrrole nitrogens is 1. The number of anilines is 1. The summed E-state index contributed by atoms with van der Waals surface area (Å²) in [6.45, 7) is 0.623. The standard InChI is InChI=1S/C16H14BrClN2O/c1-21-15-8-10(6-7-12(15)17)19-9-14-16(18)11-4-2-3-5-13(11)20-14/h2-8,19-20H,9H2,1H3. The van der Waals surface area contributed by atoms with Gasteiger partial charge in [-0.05, 0) is 34.1 Å². The summed E-state index contributed by atoms with van der Waals surface area (Å²) in [5.74, 6) is 0.794. The molecule has 108 valence electrons. The van der Waals surface area contributed by atoms with Crippen LogP contribution in [0.25, 0.3) is 10.9 Å². The Balaban J connectivity index is 1.82. The average molecular weight is 366 g/mol. The van der Waals surface area contributed by atoms with Gasteiger partial charge in [-0.2, -0.15) is 0 Å². The van der Waals surface area contributed by atoms with Gasteiger partial charge in [0.25, 0.3) is 0 Å². The first kappa shape index (κ1) is 14.3. The number of rotatable bonds is 4. The van der Waals surface area contributed by atoms with Crippen molar-refractivity contribution in [2.75, 3.05) is 12.4 Å². The van der Waals surface area contributed by atoms with Crippen molar-refractivity contribution >= 4 is 44.1 Å². The van der Waals surface area contributed by atoms with Crippen LogP contribution >= 0.6 is 27.5 Å².